The zero-order valence-corrected chi connectivity index (χ0v) is 12.2. The Hall–Kier alpha value is 0.650. The summed E-state index contributed by atoms with van der Waals surface area (Å²) in [5.74, 6) is 0.181. The van der Waals surface area contributed by atoms with Gasteiger partial charge in [-0.2, -0.15) is 0 Å². The number of nitrogens with zero attached hydrogens (tertiary/aromatic N) is 4. The summed E-state index contributed by atoms with van der Waals surface area (Å²) in [6.07, 6.45) is 0.376. The van der Waals surface area contributed by atoms with Gasteiger partial charge < -0.3 is 0 Å². The van der Waals surface area contributed by atoms with Crippen molar-refractivity contribution < 1.29 is 0 Å². The standard InChI is InChI=1S/C7H9Cl5N4/c1-4(2)3-5(13-15-16-14-5)6(8,9)7(10,11)12/h4H,3H2,1-2H3. The van der Waals surface area contributed by atoms with Gasteiger partial charge in [-0.15, -0.1) is 10.2 Å². The maximum Gasteiger partial charge on any atom is 0.232 e. The Morgan fingerprint density at radius 3 is 1.75 bits per heavy atom. The minimum absolute atomic E-state index is 0.181. The first kappa shape index (κ1) is 14.7. The molecule has 1 aliphatic heterocycles. The summed E-state index contributed by atoms with van der Waals surface area (Å²) in [5.41, 5.74) is -1.35. The Balaban J connectivity index is 3.13. The van der Waals surface area contributed by atoms with Crippen molar-refractivity contribution in [1.82, 2.24) is 0 Å². The molecule has 9 heteroatoms. The third-order valence-electron chi connectivity index (χ3n) is 2.01. The van der Waals surface area contributed by atoms with Crippen molar-refractivity contribution in [2.45, 2.75) is 34.1 Å². The summed E-state index contributed by atoms with van der Waals surface area (Å²) in [6.45, 7) is 3.88. The molecule has 4 nitrogen and oxygen atoms in total. The lowest BCUT2D eigenvalue weighted by molar-refractivity contribution is 0.316. The summed E-state index contributed by atoms with van der Waals surface area (Å²) in [5, 5.41) is 14.5. The largest absolute Gasteiger partial charge is 0.232 e. The Morgan fingerprint density at radius 2 is 1.44 bits per heavy atom. The first-order valence-corrected chi connectivity index (χ1v) is 6.30. The second-order valence-electron chi connectivity index (χ2n) is 3.87. The van der Waals surface area contributed by atoms with Crippen LogP contribution < -0.4 is 0 Å². The van der Waals surface area contributed by atoms with Crippen LogP contribution >= 0.6 is 58.0 Å². The van der Waals surface area contributed by atoms with Gasteiger partial charge in [0.1, 0.15) is 0 Å². The van der Waals surface area contributed by atoms with E-state index in [4.69, 9.17) is 58.0 Å². The van der Waals surface area contributed by atoms with Gasteiger partial charge >= 0.3 is 0 Å². The van der Waals surface area contributed by atoms with E-state index in [9.17, 15) is 0 Å². The van der Waals surface area contributed by atoms with Crippen LogP contribution in [0, 0.1) is 5.92 Å². The lowest BCUT2D eigenvalue weighted by Gasteiger charge is -2.37. The van der Waals surface area contributed by atoms with Crippen LogP contribution in [-0.4, -0.2) is 13.8 Å². The number of rotatable bonds is 3. The van der Waals surface area contributed by atoms with Crippen molar-refractivity contribution >= 4 is 58.0 Å². The average molecular weight is 326 g/mol. The summed E-state index contributed by atoms with van der Waals surface area (Å²) < 4.78 is -3.79. The predicted octanol–water partition coefficient (Wildman–Crippen LogP) is 5.11. The highest BCUT2D eigenvalue weighted by molar-refractivity contribution is 6.75. The molecule has 0 spiro atoms. The molecule has 0 saturated carbocycles. The maximum absolute atomic E-state index is 6.08. The molecule has 0 aliphatic carbocycles. The van der Waals surface area contributed by atoms with Crippen LogP contribution in [0.15, 0.2) is 20.7 Å². The van der Waals surface area contributed by atoms with Crippen molar-refractivity contribution in [2.24, 2.45) is 26.6 Å². The molecule has 0 fully saturated rings. The second kappa shape index (κ2) is 4.73. The molecule has 0 N–H and O–H groups in total. The SMILES string of the molecule is CC(C)CC1(C(Cl)(Cl)C(Cl)(Cl)Cl)N=NN=N1. The third kappa shape index (κ3) is 2.56. The van der Waals surface area contributed by atoms with Gasteiger partial charge in [0, 0.05) is 6.42 Å². The molecule has 0 radical (unpaired) electrons. The van der Waals surface area contributed by atoms with Crippen LogP contribution in [0.4, 0.5) is 0 Å². The van der Waals surface area contributed by atoms with Crippen LogP contribution in [0.5, 0.6) is 0 Å². The monoisotopic (exact) mass is 324 g/mol. The van der Waals surface area contributed by atoms with E-state index in [2.05, 4.69) is 20.7 Å². The molecule has 0 aromatic carbocycles. The molecule has 1 rings (SSSR count). The second-order valence-corrected chi connectivity index (χ2v) is 7.47. The van der Waals surface area contributed by atoms with E-state index in [0.29, 0.717) is 6.42 Å². The molecular weight excluding hydrogens is 317 g/mol. The van der Waals surface area contributed by atoms with Crippen LogP contribution in [0.1, 0.15) is 20.3 Å². The minimum atomic E-state index is -1.95. The van der Waals surface area contributed by atoms with Crippen LogP contribution in [0.2, 0.25) is 0 Å². The van der Waals surface area contributed by atoms with Crippen molar-refractivity contribution in [3.8, 4) is 0 Å². The number of alkyl halides is 5. The van der Waals surface area contributed by atoms with Crippen molar-refractivity contribution in [3.63, 3.8) is 0 Å². The smallest absolute Gasteiger partial charge is 0.131 e. The van der Waals surface area contributed by atoms with Gasteiger partial charge in [0.25, 0.3) is 0 Å². The summed E-state index contributed by atoms with van der Waals surface area (Å²) >= 11 is 29.4. The van der Waals surface area contributed by atoms with Crippen LogP contribution in [-0.2, 0) is 0 Å². The first-order valence-electron chi connectivity index (χ1n) is 4.41. The fraction of sp³-hybridized carbons (Fsp3) is 1.00. The minimum Gasteiger partial charge on any atom is -0.131 e. The van der Waals surface area contributed by atoms with E-state index in [-0.39, 0.29) is 5.92 Å². The molecule has 1 heterocycles. The van der Waals surface area contributed by atoms with Crippen molar-refractivity contribution in [1.29, 1.82) is 0 Å². The van der Waals surface area contributed by atoms with Crippen LogP contribution in [0.3, 0.4) is 0 Å². The number of hydrogen-bond acceptors (Lipinski definition) is 4. The van der Waals surface area contributed by atoms with Crippen molar-refractivity contribution in [2.75, 3.05) is 0 Å². The van der Waals surface area contributed by atoms with E-state index in [0.717, 1.165) is 0 Å². The van der Waals surface area contributed by atoms with E-state index in [1.807, 2.05) is 13.8 Å². The fourth-order valence-electron chi connectivity index (χ4n) is 1.34. The van der Waals surface area contributed by atoms with Gasteiger partial charge in [0.15, 0.2) is 0 Å². The summed E-state index contributed by atoms with van der Waals surface area (Å²) in [7, 11) is 0. The number of halogens is 5. The normalized spacial score (nSPS) is 19.8. The number of hydrogen-bond donors (Lipinski definition) is 0. The topological polar surface area (TPSA) is 49.4 Å². The van der Waals surface area contributed by atoms with Gasteiger partial charge in [-0.3, -0.25) is 0 Å². The molecule has 1 aliphatic rings. The highest BCUT2D eigenvalue weighted by Gasteiger charge is 2.63. The molecule has 0 unspecified atom stereocenters. The molecule has 0 atom stereocenters. The average Bonchev–Trinajstić information content (AvgIpc) is 2.50. The van der Waals surface area contributed by atoms with Gasteiger partial charge in [0.05, 0.1) is 0 Å². The Kier molecular flexibility index (Phi) is 4.35. The zero-order valence-electron chi connectivity index (χ0n) is 8.46. The lowest BCUT2D eigenvalue weighted by Crippen LogP contribution is -2.51. The quantitative estimate of drug-likeness (QED) is 0.647. The highest BCUT2D eigenvalue weighted by Crippen LogP contribution is 2.56. The third-order valence-corrected chi connectivity index (χ3v) is 4.62. The van der Waals surface area contributed by atoms with Gasteiger partial charge in [0.2, 0.25) is 13.8 Å². The molecule has 92 valence electrons. The van der Waals surface area contributed by atoms with Crippen LogP contribution in [0.25, 0.3) is 0 Å². The Morgan fingerprint density at radius 1 is 1.00 bits per heavy atom. The van der Waals surface area contributed by atoms with Gasteiger partial charge in [-0.05, 0) is 16.4 Å². The fourth-order valence-corrected chi connectivity index (χ4v) is 2.10. The molecular formula is C7H9Cl5N4. The summed E-state index contributed by atoms with van der Waals surface area (Å²) in [6, 6.07) is 0. The zero-order chi connectivity index (χ0) is 12.6. The van der Waals surface area contributed by atoms with Gasteiger partial charge in [-0.25, -0.2) is 0 Å². The molecule has 0 saturated heterocycles. The maximum atomic E-state index is 6.08. The molecule has 16 heavy (non-hydrogen) atoms. The molecule has 0 aromatic heterocycles. The van der Waals surface area contributed by atoms with E-state index in [1.165, 1.54) is 0 Å². The Labute approximate surface area is 118 Å². The predicted molar refractivity (Wildman–Crippen MR) is 66.6 cm³/mol. The highest BCUT2D eigenvalue weighted by atomic mass is 35.6. The van der Waals surface area contributed by atoms with Gasteiger partial charge in [-0.1, -0.05) is 71.9 Å². The molecule has 0 bridgehead atoms. The lowest BCUT2D eigenvalue weighted by atomic mass is 9.95. The van der Waals surface area contributed by atoms with E-state index < -0.39 is 13.8 Å². The summed E-state index contributed by atoms with van der Waals surface area (Å²) in [4.78, 5) is 0. The molecule has 0 aromatic rings. The van der Waals surface area contributed by atoms with E-state index in [1.54, 1.807) is 0 Å². The van der Waals surface area contributed by atoms with Crippen molar-refractivity contribution in [3.05, 3.63) is 0 Å². The van der Waals surface area contributed by atoms with E-state index >= 15 is 0 Å². The Bertz CT molecular complexity index is 307. The first-order chi connectivity index (χ1) is 7.12. The molecule has 0 amide bonds.